The maximum Gasteiger partial charge on any atom is 0.227 e. The van der Waals surface area contributed by atoms with Gasteiger partial charge in [-0.2, -0.15) is 0 Å². The summed E-state index contributed by atoms with van der Waals surface area (Å²) in [7, 11) is 0. The number of aromatic nitrogens is 1. The molecule has 0 fully saturated rings. The van der Waals surface area contributed by atoms with E-state index in [0.29, 0.717) is 26.2 Å². The van der Waals surface area contributed by atoms with Gasteiger partial charge in [-0.1, -0.05) is 41.9 Å². The molecule has 2 aromatic carbocycles. The van der Waals surface area contributed by atoms with Gasteiger partial charge in [-0.25, -0.2) is 4.39 Å². The van der Waals surface area contributed by atoms with Crippen molar-refractivity contribution in [1.82, 2.24) is 14.8 Å². The predicted octanol–water partition coefficient (Wildman–Crippen LogP) is 5.09. The second-order valence-corrected chi connectivity index (χ2v) is 9.70. The minimum absolute atomic E-state index is 0.0446. The third kappa shape index (κ3) is 7.14. The lowest BCUT2D eigenvalue weighted by molar-refractivity contribution is -0.131. The lowest BCUT2D eigenvalue weighted by Gasteiger charge is -2.31. The standard InChI is InChI=1S/C29H32ClFN4O2/c1-22(36)35-18-8-16-33(21-24-10-4-5-14-32-24)15-7-17-34(20-23-9-2-3-13-28(23)35)29(37)19-25-26(30)11-6-12-27(25)31/h2-6,9-14H,7-8,15-21H2,1H3. The number of amides is 2. The Balaban J connectivity index is 1.61. The van der Waals surface area contributed by atoms with E-state index in [2.05, 4.69) is 9.88 Å². The Kier molecular flexibility index (Phi) is 9.25. The van der Waals surface area contributed by atoms with E-state index in [9.17, 15) is 14.0 Å². The third-order valence-electron chi connectivity index (χ3n) is 6.64. The maximum absolute atomic E-state index is 14.5. The Morgan fingerprint density at radius 2 is 1.70 bits per heavy atom. The first-order valence-electron chi connectivity index (χ1n) is 12.6. The van der Waals surface area contributed by atoms with Crippen LogP contribution in [0.2, 0.25) is 5.02 Å². The van der Waals surface area contributed by atoms with Gasteiger partial charge in [0.1, 0.15) is 5.82 Å². The predicted molar refractivity (Wildman–Crippen MR) is 144 cm³/mol. The quantitative estimate of drug-likeness (QED) is 0.478. The molecule has 0 spiro atoms. The van der Waals surface area contributed by atoms with Crippen molar-refractivity contribution in [2.75, 3.05) is 31.1 Å². The van der Waals surface area contributed by atoms with E-state index in [1.807, 2.05) is 42.5 Å². The average molecular weight is 523 g/mol. The fourth-order valence-corrected chi connectivity index (χ4v) is 4.98. The van der Waals surface area contributed by atoms with Crippen LogP contribution in [0.1, 0.15) is 36.6 Å². The first-order valence-corrected chi connectivity index (χ1v) is 13.0. The van der Waals surface area contributed by atoms with Crippen molar-refractivity contribution in [1.29, 1.82) is 0 Å². The largest absolute Gasteiger partial charge is 0.338 e. The molecule has 2 heterocycles. The van der Waals surface area contributed by atoms with Crippen LogP contribution in [0.15, 0.2) is 66.9 Å². The Bertz CT molecular complexity index is 1200. The Morgan fingerprint density at radius 3 is 2.43 bits per heavy atom. The number of anilines is 1. The molecule has 2 amide bonds. The van der Waals surface area contributed by atoms with Gasteiger partial charge in [-0.05, 0) is 48.7 Å². The average Bonchev–Trinajstić information content (AvgIpc) is 2.88. The molecule has 0 radical (unpaired) electrons. The van der Waals surface area contributed by atoms with Crippen molar-refractivity contribution in [3.63, 3.8) is 0 Å². The number of carbonyl (C=O) groups is 2. The summed E-state index contributed by atoms with van der Waals surface area (Å²) >= 11 is 6.22. The zero-order chi connectivity index (χ0) is 26.2. The maximum atomic E-state index is 14.5. The lowest BCUT2D eigenvalue weighted by Crippen LogP contribution is -2.38. The minimum atomic E-state index is -0.486. The molecule has 0 N–H and O–H groups in total. The van der Waals surface area contributed by atoms with Crippen LogP contribution in [0.25, 0.3) is 0 Å². The molecule has 0 aliphatic carbocycles. The molecule has 4 rings (SSSR count). The van der Waals surface area contributed by atoms with Crippen molar-refractivity contribution in [3.05, 3.63) is 94.5 Å². The van der Waals surface area contributed by atoms with Gasteiger partial charge in [0.05, 0.1) is 12.1 Å². The molecule has 194 valence electrons. The normalized spacial score (nSPS) is 15.4. The molecule has 0 bridgehead atoms. The SMILES string of the molecule is CC(=O)N1CCCN(Cc2ccccn2)CCCN(C(=O)Cc2c(F)cccc2Cl)Cc2ccccc21. The highest BCUT2D eigenvalue weighted by molar-refractivity contribution is 6.31. The number of rotatable bonds is 4. The van der Waals surface area contributed by atoms with E-state index in [1.54, 1.807) is 29.0 Å². The lowest BCUT2D eigenvalue weighted by atomic mass is 10.1. The molecular weight excluding hydrogens is 491 g/mol. The zero-order valence-electron chi connectivity index (χ0n) is 21.1. The third-order valence-corrected chi connectivity index (χ3v) is 6.99. The highest BCUT2D eigenvalue weighted by atomic mass is 35.5. The molecule has 0 saturated carbocycles. The first kappa shape index (κ1) is 26.8. The number of benzene rings is 2. The summed E-state index contributed by atoms with van der Waals surface area (Å²) < 4.78 is 14.5. The van der Waals surface area contributed by atoms with Crippen molar-refractivity contribution in [2.45, 2.75) is 39.3 Å². The monoisotopic (exact) mass is 522 g/mol. The van der Waals surface area contributed by atoms with Crippen molar-refractivity contribution in [2.24, 2.45) is 0 Å². The number of halogens is 2. The number of hydrogen-bond acceptors (Lipinski definition) is 4. The van der Waals surface area contributed by atoms with Crippen LogP contribution >= 0.6 is 11.6 Å². The number of pyridine rings is 1. The van der Waals surface area contributed by atoms with Gasteiger partial charge in [0.25, 0.3) is 0 Å². The van der Waals surface area contributed by atoms with Crippen LogP contribution in [0, 0.1) is 5.82 Å². The summed E-state index contributed by atoms with van der Waals surface area (Å²) in [4.78, 5) is 36.4. The Hall–Kier alpha value is -3.29. The number of hydrogen-bond donors (Lipinski definition) is 0. The highest BCUT2D eigenvalue weighted by Crippen LogP contribution is 2.25. The zero-order valence-corrected chi connectivity index (χ0v) is 21.8. The van der Waals surface area contributed by atoms with Crippen LogP contribution in [0.5, 0.6) is 0 Å². The molecule has 1 aromatic heterocycles. The second-order valence-electron chi connectivity index (χ2n) is 9.30. The molecule has 1 aliphatic rings. The van der Waals surface area contributed by atoms with Crippen molar-refractivity contribution >= 4 is 29.1 Å². The fraction of sp³-hybridized carbons (Fsp3) is 0.345. The van der Waals surface area contributed by atoms with Crippen molar-refractivity contribution < 1.29 is 14.0 Å². The molecule has 0 atom stereocenters. The summed E-state index contributed by atoms with van der Waals surface area (Å²) in [5, 5.41) is 0.243. The summed E-state index contributed by atoms with van der Waals surface area (Å²) in [6.07, 6.45) is 3.23. The molecule has 0 saturated heterocycles. The van der Waals surface area contributed by atoms with E-state index in [-0.39, 0.29) is 28.8 Å². The fourth-order valence-electron chi connectivity index (χ4n) is 4.75. The molecule has 0 unspecified atom stereocenters. The number of carbonyl (C=O) groups excluding carboxylic acids is 2. The number of nitrogens with zero attached hydrogens (tertiary/aromatic N) is 4. The molecule has 8 heteroatoms. The molecule has 1 aliphatic heterocycles. The van der Waals surface area contributed by atoms with Gasteiger partial charge in [-0.3, -0.25) is 19.5 Å². The molecule has 37 heavy (non-hydrogen) atoms. The van der Waals surface area contributed by atoms with E-state index >= 15 is 0 Å². The smallest absolute Gasteiger partial charge is 0.227 e. The van der Waals surface area contributed by atoms with Gasteiger partial charge in [0.15, 0.2) is 0 Å². The highest BCUT2D eigenvalue weighted by Gasteiger charge is 2.23. The van der Waals surface area contributed by atoms with Crippen LogP contribution in [0.4, 0.5) is 10.1 Å². The summed E-state index contributed by atoms with van der Waals surface area (Å²) in [6, 6.07) is 18.0. The number of fused-ring (bicyclic) bond motifs is 1. The Labute approximate surface area is 222 Å². The summed E-state index contributed by atoms with van der Waals surface area (Å²) in [5.41, 5.74) is 2.87. The first-order chi connectivity index (χ1) is 17.9. The van der Waals surface area contributed by atoms with E-state index < -0.39 is 5.82 Å². The molecular formula is C29H32ClFN4O2. The van der Waals surface area contributed by atoms with Gasteiger partial charge in [0.2, 0.25) is 11.8 Å². The topological polar surface area (TPSA) is 56.8 Å². The van der Waals surface area contributed by atoms with E-state index in [4.69, 9.17) is 11.6 Å². The minimum Gasteiger partial charge on any atom is -0.338 e. The van der Waals surface area contributed by atoms with Gasteiger partial charge in [-0.15, -0.1) is 0 Å². The summed E-state index contributed by atoms with van der Waals surface area (Å²) in [5.74, 6) is -0.735. The van der Waals surface area contributed by atoms with Gasteiger partial charge < -0.3 is 9.80 Å². The number of para-hydroxylation sites is 1. The second kappa shape index (κ2) is 12.8. The Morgan fingerprint density at radius 1 is 0.946 bits per heavy atom. The van der Waals surface area contributed by atoms with Crippen LogP contribution in [0.3, 0.4) is 0 Å². The van der Waals surface area contributed by atoms with Crippen molar-refractivity contribution in [3.8, 4) is 0 Å². The summed E-state index contributed by atoms with van der Waals surface area (Å²) in [6.45, 7) is 5.21. The van der Waals surface area contributed by atoms with Gasteiger partial charge >= 0.3 is 0 Å². The van der Waals surface area contributed by atoms with Crippen LogP contribution in [-0.2, 0) is 29.1 Å². The molecule has 3 aromatic rings. The van der Waals surface area contributed by atoms with E-state index in [1.165, 1.54) is 12.1 Å². The van der Waals surface area contributed by atoms with Crippen LogP contribution < -0.4 is 4.90 Å². The van der Waals surface area contributed by atoms with Gasteiger partial charge in [0, 0.05) is 68.7 Å². The van der Waals surface area contributed by atoms with Crippen LogP contribution in [-0.4, -0.2) is 52.8 Å². The van der Waals surface area contributed by atoms with E-state index in [0.717, 1.165) is 42.9 Å². The molecule has 6 nitrogen and oxygen atoms in total.